The second-order valence-electron chi connectivity index (χ2n) is 2.43. The maximum absolute atomic E-state index is 11.4. The lowest BCUT2D eigenvalue weighted by Gasteiger charge is -1.99. The number of nitriles is 1. The van der Waals surface area contributed by atoms with E-state index in [4.69, 9.17) is 9.68 Å². The molecule has 1 heterocycles. The lowest BCUT2D eigenvalue weighted by Crippen LogP contribution is -2.10. The number of rotatable bonds is 3. The Morgan fingerprint density at radius 1 is 1.83 bits per heavy atom. The molecular formula is C9H9NO2. The Kier molecular flexibility index (Phi) is 2.65. The van der Waals surface area contributed by atoms with Gasteiger partial charge in [0.2, 0.25) is 5.78 Å². The normalized spacial score (nSPS) is 12.0. The van der Waals surface area contributed by atoms with Crippen LogP contribution in [0.4, 0.5) is 0 Å². The van der Waals surface area contributed by atoms with E-state index in [1.807, 2.05) is 6.07 Å². The summed E-state index contributed by atoms with van der Waals surface area (Å²) >= 11 is 0. The first kappa shape index (κ1) is 8.54. The van der Waals surface area contributed by atoms with Crippen molar-refractivity contribution in [1.82, 2.24) is 0 Å². The van der Waals surface area contributed by atoms with E-state index in [1.165, 1.54) is 6.26 Å². The molecular weight excluding hydrogens is 154 g/mol. The minimum Gasteiger partial charge on any atom is -0.461 e. The SMILES string of the molecule is CCC(C#N)C(=O)c1ccco1. The van der Waals surface area contributed by atoms with E-state index in [-0.39, 0.29) is 11.5 Å². The topological polar surface area (TPSA) is 54.0 Å². The summed E-state index contributed by atoms with van der Waals surface area (Å²) in [6.07, 6.45) is 1.95. The Labute approximate surface area is 70.6 Å². The molecule has 1 unspecified atom stereocenters. The Bertz CT molecular complexity index is 295. The zero-order valence-electron chi connectivity index (χ0n) is 6.78. The summed E-state index contributed by atoms with van der Waals surface area (Å²) in [6.45, 7) is 1.80. The van der Waals surface area contributed by atoms with Gasteiger partial charge >= 0.3 is 0 Å². The maximum Gasteiger partial charge on any atom is 0.215 e. The van der Waals surface area contributed by atoms with Gasteiger partial charge in [-0.2, -0.15) is 5.26 Å². The average molecular weight is 163 g/mol. The number of furan rings is 1. The molecule has 0 fully saturated rings. The van der Waals surface area contributed by atoms with Gasteiger partial charge in [-0.3, -0.25) is 4.79 Å². The van der Waals surface area contributed by atoms with E-state index < -0.39 is 5.92 Å². The van der Waals surface area contributed by atoms with Crippen molar-refractivity contribution < 1.29 is 9.21 Å². The molecule has 1 rings (SSSR count). The third kappa shape index (κ3) is 1.54. The fourth-order valence-electron chi connectivity index (χ4n) is 0.926. The van der Waals surface area contributed by atoms with E-state index in [0.29, 0.717) is 6.42 Å². The molecule has 0 bridgehead atoms. The summed E-state index contributed by atoms with van der Waals surface area (Å²) in [5.41, 5.74) is 0. The Hall–Kier alpha value is -1.56. The van der Waals surface area contributed by atoms with Crippen LogP contribution in [-0.4, -0.2) is 5.78 Å². The van der Waals surface area contributed by atoms with Crippen LogP contribution in [0, 0.1) is 17.2 Å². The highest BCUT2D eigenvalue weighted by Gasteiger charge is 2.19. The van der Waals surface area contributed by atoms with E-state index in [1.54, 1.807) is 19.1 Å². The molecule has 0 N–H and O–H groups in total. The van der Waals surface area contributed by atoms with Crippen molar-refractivity contribution in [3.8, 4) is 6.07 Å². The molecule has 0 aliphatic carbocycles. The van der Waals surface area contributed by atoms with Crippen LogP contribution in [0.3, 0.4) is 0 Å². The predicted octanol–water partition coefficient (Wildman–Crippen LogP) is 2.01. The fourth-order valence-corrected chi connectivity index (χ4v) is 0.926. The monoisotopic (exact) mass is 163 g/mol. The van der Waals surface area contributed by atoms with Gasteiger partial charge in [-0.1, -0.05) is 6.92 Å². The molecule has 62 valence electrons. The zero-order valence-corrected chi connectivity index (χ0v) is 6.78. The van der Waals surface area contributed by atoms with Crippen LogP contribution in [0.5, 0.6) is 0 Å². The van der Waals surface area contributed by atoms with Crippen molar-refractivity contribution >= 4 is 5.78 Å². The summed E-state index contributed by atoms with van der Waals surface area (Å²) in [7, 11) is 0. The van der Waals surface area contributed by atoms with Gasteiger partial charge in [0.15, 0.2) is 5.76 Å². The highest BCUT2D eigenvalue weighted by atomic mass is 16.3. The van der Waals surface area contributed by atoms with Gasteiger partial charge in [-0.25, -0.2) is 0 Å². The van der Waals surface area contributed by atoms with E-state index in [9.17, 15) is 4.79 Å². The molecule has 1 aromatic rings. The van der Waals surface area contributed by atoms with Crippen LogP contribution in [0.25, 0.3) is 0 Å². The number of hydrogen-bond donors (Lipinski definition) is 0. The molecule has 12 heavy (non-hydrogen) atoms. The van der Waals surface area contributed by atoms with Crippen molar-refractivity contribution in [3.63, 3.8) is 0 Å². The molecule has 3 nitrogen and oxygen atoms in total. The third-order valence-corrected chi connectivity index (χ3v) is 1.64. The Morgan fingerprint density at radius 3 is 3.00 bits per heavy atom. The molecule has 3 heteroatoms. The minimum absolute atomic E-state index is 0.231. The standard InChI is InChI=1S/C9H9NO2/c1-2-7(6-10)9(11)8-4-3-5-12-8/h3-5,7H,2H2,1H3. The number of carbonyl (C=O) groups excluding carboxylic acids is 1. The predicted molar refractivity (Wildman–Crippen MR) is 42.4 cm³/mol. The summed E-state index contributed by atoms with van der Waals surface area (Å²) in [4.78, 5) is 11.4. The van der Waals surface area contributed by atoms with Crippen molar-refractivity contribution in [3.05, 3.63) is 24.2 Å². The number of carbonyl (C=O) groups is 1. The lowest BCUT2D eigenvalue weighted by molar-refractivity contribution is 0.0919. The smallest absolute Gasteiger partial charge is 0.215 e. The van der Waals surface area contributed by atoms with Gasteiger partial charge < -0.3 is 4.42 Å². The summed E-state index contributed by atoms with van der Waals surface area (Å²) in [5, 5.41) is 8.58. The number of hydrogen-bond acceptors (Lipinski definition) is 3. The van der Waals surface area contributed by atoms with E-state index >= 15 is 0 Å². The second kappa shape index (κ2) is 3.72. The molecule has 0 spiro atoms. The first-order valence-corrected chi connectivity index (χ1v) is 3.77. The lowest BCUT2D eigenvalue weighted by atomic mass is 10.0. The molecule has 0 aromatic carbocycles. The van der Waals surface area contributed by atoms with E-state index in [0.717, 1.165) is 0 Å². The van der Waals surface area contributed by atoms with Crippen molar-refractivity contribution in [2.24, 2.45) is 5.92 Å². The first-order valence-electron chi connectivity index (χ1n) is 3.77. The minimum atomic E-state index is -0.573. The maximum atomic E-state index is 11.4. The van der Waals surface area contributed by atoms with Crippen LogP contribution in [0.1, 0.15) is 23.9 Å². The molecule has 0 aliphatic rings. The number of nitrogens with zero attached hydrogens (tertiary/aromatic N) is 1. The van der Waals surface area contributed by atoms with Gasteiger partial charge in [0.05, 0.1) is 12.3 Å². The molecule has 0 saturated heterocycles. The molecule has 0 amide bonds. The molecule has 1 aromatic heterocycles. The Balaban J connectivity index is 2.79. The van der Waals surface area contributed by atoms with Crippen molar-refractivity contribution in [2.45, 2.75) is 13.3 Å². The molecule has 1 atom stereocenters. The van der Waals surface area contributed by atoms with Gasteiger partial charge in [0.1, 0.15) is 5.92 Å². The van der Waals surface area contributed by atoms with Gasteiger partial charge in [-0.15, -0.1) is 0 Å². The quantitative estimate of drug-likeness (QED) is 0.640. The largest absolute Gasteiger partial charge is 0.461 e. The highest BCUT2D eigenvalue weighted by Crippen LogP contribution is 2.11. The fraction of sp³-hybridized carbons (Fsp3) is 0.333. The third-order valence-electron chi connectivity index (χ3n) is 1.64. The van der Waals surface area contributed by atoms with Crippen LogP contribution < -0.4 is 0 Å². The van der Waals surface area contributed by atoms with Crippen LogP contribution in [-0.2, 0) is 0 Å². The zero-order chi connectivity index (χ0) is 8.97. The van der Waals surface area contributed by atoms with E-state index in [2.05, 4.69) is 0 Å². The van der Waals surface area contributed by atoms with Crippen LogP contribution in [0.2, 0.25) is 0 Å². The second-order valence-corrected chi connectivity index (χ2v) is 2.43. The summed E-state index contributed by atoms with van der Waals surface area (Å²) in [6, 6.07) is 5.14. The average Bonchev–Trinajstić information content (AvgIpc) is 2.58. The molecule has 0 saturated carbocycles. The van der Waals surface area contributed by atoms with Crippen molar-refractivity contribution in [1.29, 1.82) is 5.26 Å². The van der Waals surface area contributed by atoms with Crippen molar-refractivity contribution in [2.75, 3.05) is 0 Å². The Morgan fingerprint density at radius 2 is 2.58 bits per heavy atom. The number of ketones is 1. The first-order chi connectivity index (χ1) is 5.79. The number of Topliss-reactive ketones (excluding diaryl/α,β-unsaturated/α-hetero) is 1. The van der Waals surface area contributed by atoms with Gasteiger partial charge in [0.25, 0.3) is 0 Å². The van der Waals surface area contributed by atoms with Crippen LogP contribution in [0.15, 0.2) is 22.8 Å². The van der Waals surface area contributed by atoms with Gasteiger partial charge in [-0.05, 0) is 18.6 Å². The highest BCUT2D eigenvalue weighted by molar-refractivity contribution is 5.96. The van der Waals surface area contributed by atoms with Gasteiger partial charge in [0, 0.05) is 0 Å². The molecule has 0 radical (unpaired) electrons. The summed E-state index contributed by atoms with van der Waals surface area (Å²) in [5.74, 6) is -0.537. The summed E-state index contributed by atoms with van der Waals surface area (Å²) < 4.78 is 4.88. The molecule has 0 aliphatic heterocycles. The van der Waals surface area contributed by atoms with Crippen LogP contribution >= 0.6 is 0 Å².